The van der Waals surface area contributed by atoms with E-state index in [2.05, 4.69) is 32.9 Å². The summed E-state index contributed by atoms with van der Waals surface area (Å²) in [6.07, 6.45) is 15.1. The normalized spacial score (nSPS) is 15.3. The predicted molar refractivity (Wildman–Crippen MR) is 77.2 cm³/mol. The first-order valence-corrected chi connectivity index (χ1v) is 7.49. The number of rotatable bonds is 11. The third-order valence-corrected chi connectivity index (χ3v) is 3.37. The molecule has 1 nitrogen and oxygen atoms in total. The molecule has 0 spiro atoms. The van der Waals surface area contributed by atoms with Crippen molar-refractivity contribution in [2.75, 3.05) is 6.61 Å². The summed E-state index contributed by atoms with van der Waals surface area (Å²) < 4.78 is 0. The van der Waals surface area contributed by atoms with Gasteiger partial charge in [0.15, 0.2) is 0 Å². The van der Waals surface area contributed by atoms with Gasteiger partial charge in [-0.05, 0) is 24.7 Å². The molecule has 0 heterocycles. The highest BCUT2D eigenvalue weighted by molar-refractivity contribution is 4.89. The summed E-state index contributed by atoms with van der Waals surface area (Å²) in [6.45, 7) is 7.04. The number of allylic oxidation sites excluding steroid dienone is 2. The smallest absolute Gasteiger partial charge is 0.0436 e. The van der Waals surface area contributed by atoms with Crippen molar-refractivity contribution in [1.29, 1.82) is 0 Å². The lowest BCUT2D eigenvalue weighted by molar-refractivity contribution is 0.274. The Bertz CT molecular complexity index is 174. The lowest BCUT2D eigenvalue weighted by atomic mass is 9.99. The standard InChI is InChI=1S/C16H32O/c1-4-5-6-7-8-9-10-15(2)11-12-16(3)13-14-17/h11-12,15-17H,4-10,13-14H2,1-3H3. The van der Waals surface area contributed by atoms with Gasteiger partial charge in [0.05, 0.1) is 0 Å². The van der Waals surface area contributed by atoms with E-state index in [0.29, 0.717) is 18.4 Å². The molecule has 0 radical (unpaired) electrons. The molecular weight excluding hydrogens is 208 g/mol. The molecule has 0 saturated carbocycles. The van der Waals surface area contributed by atoms with E-state index in [0.717, 1.165) is 6.42 Å². The molecule has 1 heteroatoms. The van der Waals surface area contributed by atoms with Gasteiger partial charge in [-0.1, -0.05) is 71.4 Å². The van der Waals surface area contributed by atoms with Crippen molar-refractivity contribution in [3.8, 4) is 0 Å². The number of unbranched alkanes of at least 4 members (excludes halogenated alkanes) is 5. The van der Waals surface area contributed by atoms with Crippen LogP contribution in [0.4, 0.5) is 0 Å². The maximum Gasteiger partial charge on any atom is 0.0436 e. The van der Waals surface area contributed by atoms with Crippen molar-refractivity contribution in [1.82, 2.24) is 0 Å². The van der Waals surface area contributed by atoms with E-state index >= 15 is 0 Å². The zero-order valence-electron chi connectivity index (χ0n) is 12.1. The summed E-state index contributed by atoms with van der Waals surface area (Å²) in [5.41, 5.74) is 0. The fourth-order valence-corrected chi connectivity index (χ4v) is 2.02. The second-order valence-corrected chi connectivity index (χ2v) is 5.41. The first-order valence-electron chi connectivity index (χ1n) is 7.49. The molecule has 0 bridgehead atoms. The Balaban J connectivity index is 3.42. The molecular formula is C16H32O. The van der Waals surface area contributed by atoms with Gasteiger partial charge >= 0.3 is 0 Å². The molecule has 0 aromatic carbocycles. The van der Waals surface area contributed by atoms with Gasteiger partial charge in [0.25, 0.3) is 0 Å². The van der Waals surface area contributed by atoms with Gasteiger partial charge in [0, 0.05) is 6.61 Å². The molecule has 2 unspecified atom stereocenters. The third kappa shape index (κ3) is 12.0. The monoisotopic (exact) mass is 240 g/mol. The van der Waals surface area contributed by atoms with Gasteiger partial charge in [0.1, 0.15) is 0 Å². The van der Waals surface area contributed by atoms with Crippen LogP contribution in [0.25, 0.3) is 0 Å². The van der Waals surface area contributed by atoms with E-state index in [4.69, 9.17) is 5.11 Å². The quantitative estimate of drug-likeness (QED) is 0.400. The average Bonchev–Trinajstić information content (AvgIpc) is 2.31. The van der Waals surface area contributed by atoms with Crippen LogP contribution < -0.4 is 0 Å². The highest BCUT2D eigenvalue weighted by atomic mass is 16.2. The maximum absolute atomic E-state index is 8.81. The summed E-state index contributed by atoms with van der Waals surface area (Å²) in [6, 6.07) is 0. The molecule has 0 saturated heterocycles. The molecule has 1 N–H and O–H groups in total. The van der Waals surface area contributed by atoms with Crippen LogP contribution in [-0.2, 0) is 0 Å². The van der Waals surface area contributed by atoms with Crippen molar-refractivity contribution in [3.63, 3.8) is 0 Å². The summed E-state index contributed by atoms with van der Waals surface area (Å²) in [5.74, 6) is 1.22. The topological polar surface area (TPSA) is 20.2 Å². The summed E-state index contributed by atoms with van der Waals surface area (Å²) in [7, 11) is 0. The Kier molecular flexibility index (Phi) is 12.0. The summed E-state index contributed by atoms with van der Waals surface area (Å²) in [5, 5.41) is 8.81. The van der Waals surface area contributed by atoms with Crippen LogP contribution in [-0.4, -0.2) is 11.7 Å². The van der Waals surface area contributed by atoms with E-state index in [1.165, 1.54) is 44.9 Å². The highest BCUT2D eigenvalue weighted by Crippen LogP contribution is 2.14. The molecule has 0 rings (SSSR count). The van der Waals surface area contributed by atoms with Crippen LogP contribution in [0, 0.1) is 11.8 Å². The minimum atomic E-state index is 0.303. The summed E-state index contributed by atoms with van der Waals surface area (Å²) >= 11 is 0. The second-order valence-electron chi connectivity index (χ2n) is 5.41. The van der Waals surface area contributed by atoms with Crippen LogP contribution in [0.15, 0.2) is 12.2 Å². The van der Waals surface area contributed by atoms with Gasteiger partial charge in [0.2, 0.25) is 0 Å². The van der Waals surface area contributed by atoms with Crippen molar-refractivity contribution in [2.24, 2.45) is 11.8 Å². The van der Waals surface area contributed by atoms with Gasteiger partial charge in [-0.25, -0.2) is 0 Å². The third-order valence-electron chi connectivity index (χ3n) is 3.37. The molecule has 17 heavy (non-hydrogen) atoms. The van der Waals surface area contributed by atoms with E-state index in [1.807, 2.05) is 0 Å². The Morgan fingerprint density at radius 1 is 0.824 bits per heavy atom. The average molecular weight is 240 g/mol. The molecule has 102 valence electrons. The van der Waals surface area contributed by atoms with Gasteiger partial charge in [-0.2, -0.15) is 0 Å². The minimum Gasteiger partial charge on any atom is -0.396 e. The zero-order chi connectivity index (χ0) is 12.9. The minimum absolute atomic E-state index is 0.303. The van der Waals surface area contributed by atoms with E-state index in [1.54, 1.807) is 0 Å². The molecule has 0 fully saturated rings. The van der Waals surface area contributed by atoms with Gasteiger partial charge in [-0.15, -0.1) is 0 Å². The van der Waals surface area contributed by atoms with E-state index in [9.17, 15) is 0 Å². The Morgan fingerprint density at radius 2 is 1.35 bits per heavy atom. The highest BCUT2D eigenvalue weighted by Gasteiger charge is 1.99. The van der Waals surface area contributed by atoms with Crippen molar-refractivity contribution < 1.29 is 5.11 Å². The first-order chi connectivity index (χ1) is 8.20. The molecule has 0 aromatic rings. The van der Waals surface area contributed by atoms with Crippen LogP contribution in [0.1, 0.15) is 72.1 Å². The van der Waals surface area contributed by atoms with Crippen LogP contribution >= 0.6 is 0 Å². The fraction of sp³-hybridized carbons (Fsp3) is 0.875. The lowest BCUT2D eigenvalue weighted by Gasteiger charge is -2.08. The molecule has 0 aliphatic carbocycles. The number of aliphatic hydroxyl groups excluding tert-OH is 1. The summed E-state index contributed by atoms with van der Waals surface area (Å²) in [4.78, 5) is 0. The Labute approximate surface area is 108 Å². The van der Waals surface area contributed by atoms with Crippen LogP contribution in [0.2, 0.25) is 0 Å². The van der Waals surface area contributed by atoms with Gasteiger partial charge < -0.3 is 5.11 Å². The van der Waals surface area contributed by atoms with E-state index < -0.39 is 0 Å². The SMILES string of the molecule is CCCCCCCCC(C)C=CC(C)CCO. The zero-order valence-corrected chi connectivity index (χ0v) is 12.1. The number of hydrogen-bond donors (Lipinski definition) is 1. The largest absolute Gasteiger partial charge is 0.396 e. The maximum atomic E-state index is 8.81. The molecule has 2 atom stereocenters. The number of hydrogen-bond acceptors (Lipinski definition) is 1. The number of aliphatic hydroxyl groups is 1. The molecule has 0 aliphatic heterocycles. The first kappa shape index (κ1) is 16.7. The Morgan fingerprint density at radius 3 is 1.94 bits per heavy atom. The van der Waals surface area contributed by atoms with Crippen molar-refractivity contribution in [2.45, 2.75) is 72.1 Å². The second kappa shape index (κ2) is 12.2. The fourth-order valence-electron chi connectivity index (χ4n) is 2.02. The molecule has 0 amide bonds. The molecule has 0 aromatic heterocycles. The Hall–Kier alpha value is -0.300. The van der Waals surface area contributed by atoms with Crippen molar-refractivity contribution >= 4 is 0 Å². The van der Waals surface area contributed by atoms with Crippen LogP contribution in [0.3, 0.4) is 0 Å². The van der Waals surface area contributed by atoms with Crippen molar-refractivity contribution in [3.05, 3.63) is 12.2 Å². The van der Waals surface area contributed by atoms with Crippen LogP contribution in [0.5, 0.6) is 0 Å². The van der Waals surface area contributed by atoms with Gasteiger partial charge in [-0.3, -0.25) is 0 Å². The molecule has 0 aliphatic rings. The van der Waals surface area contributed by atoms with E-state index in [-0.39, 0.29) is 0 Å². The predicted octanol–water partition coefficient (Wildman–Crippen LogP) is 4.95. The lowest BCUT2D eigenvalue weighted by Crippen LogP contribution is -1.96.